The molecule has 1 saturated heterocycles. The molecule has 0 aliphatic carbocycles. The SMILES string of the molecule is CC1CN(c2ccnc(-c3cnc4cnc(C(F)(F)F)cn34)n2)CC(c2cncn2C)N1. The first-order valence-corrected chi connectivity index (χ1v) is 10.0. The third kappa shape index (κ3) is 3.66. The van der Waals surface area contributed by atoms with Crippen molar-refractivity contribution < 1.29 is 13.2 Å². The van der Waals surface area contributed by atoms with Crippen LogP contribution in [0.4, 0.5) is 19.0 Å². The van der Waals surface area contributed by atoms with Crippen LogP contribution in [0.3, 0.4) is 0 Å². The minimum Gasteiger partial charge on any atom is -0.353 e. The lowest BCUT2D eigenvalue weighted by Crippen LogP contribution is -2.51. The van der Waals surface area contributed by atoms with Crippen molar-refractivity contribution in [2.45, 2.75) is 25.2 Å². The maximum atomic E-state index is 13.1. The highest BCUT2D eigenvalue weighted by Gasteiger charge is 2.33. The number of halogens is 3. The van der Waals surface area contributed by atoms with Gasteiger partial charge in [-0.15, -0.1) is 0 Å². The molecule has 1 fully saturated rings. The van der Waals surface area contributed by atoms with Crippen LogP contribution in [-0.2, 0) is 13.2 Å². The molecular weight excluding hydrogens is 423 g/mol. The summed E-state index contributed by atoms with van der Waals surface area (Å²) in [5.74, 6) is 0.980. The zero-order valence-corrected chi connectivity index (χ0v) is 17.3. The number of aromatic nitrogens is 7. The van der Waals surface area contributed by atoms with Gasteiger partial charge in [0.05, 0.1) is 30.5 Å². The fourth-order valence-corrected chi connectivity index (χ4v) is 3.99. The Morgan fingerprint density at radius 2 is 1.94 bits per heavy atom. The van der Waals surface area contributed by atoms with Gasteiger partial charge >= 0.3 is 6.18 Å². The van der Waals surface area contributed by atoms with Gasteiger partial charge in [0.25, 0.3) is 0 Å². The van der Waals surface area contributed by atoms with Crippen LogP contribution in [0.5, 0.6) is 0 Å². The molecular formula is C20H20F3N9. The van der Waals surface area contributed by atoms with Crippen LogP contribution in [0.2, 0.25) is 0 Å². The number of hydrogen-bond acceptors (Lipinski definition) is 7. The molecule has 0 amide bonds. The van der Waals surface area contributed by atoms with Crippen molar-refractivity contribution in [1.29, 1.82) is 0 Å². The normalized spacial score (nSPS) is 19.6. The number of piperazine rings is 1. The van der Waals surface area contributed by atoms with Crippen LogP contribution >= 0.6 is 0 Å². The van der Waals surface area contributed by atoms with Gasteiger partial charge in [0.2, 0.25) is 0 Å². The second-order valence-electron chi connectivity index (χ2n) is 7.84. The summed E-state index contributed by atoms with van der Waals surface area (Å²) in [7, 11) is 1.95. The highest BCUT2D eigenvalue weighted by molar-refractivity contribution is 5.58. The molecule has 5 heterocycles. The number of hydrogen-bond donors (Lipinski definition) is 1. The van der Waals surface area contributed by atoms with Gasteiger partial charge in [0.15, 0.2) is 17.2 Å². The van der Waals surface area contributed by atoms with Gasteiger partial charge in [0, 0.05) is 44.8 Å². The number of fused-ring (bicyclic) bond motifs is 1. The van der Waals surface area contributed by atoms with Gasteiger partial charge in [-0.1, -0.05) is 0 Å². The molecule has 4 aromatic heterocycles. The third-order valence-electron chi connectivity index (χ3n) is 5.47. The molecule has 2 unspecified atom stereocenters. The minimum absolute atomic E-state index is 0.0564. The maximum Gasteiger partial charge on any atom is 0.434 e. The lowest BCUT2D eigenvalue weighted by Gasteiger charge is -2.38. The van der Waals surface area contributed by atoms with Crippen LogP contribution in [0.1, 0.15) is 24.4 Å². The van der Waals surface area contributed by atoms with Crippen molar-refractivity contribution in [3.63, 3.8) is 0 Å². The fourth-order valence-electron chi connectivity index (χ4n) is 3.99. The van der Waals surface area contributed by atoms with E-state index < -0.39 is 11.9 Å². The van der Waals surface area contributed by atoms with Gasteiger partial charge in [-0.25, -0.2) is 24.9 Å². The standard InChI is InChI=1S/C20H20F3N9/c1-12-8-31(9-13(28-12)14-5-24-11-30(14)2)17-3-4-25-19(29-17)15-6-27-18-7-26-16(10-32(15)18)20(21,22)23/h3-7,10-13,28H,8-9H2,1-2H3. The number of alkyl halides is 3. The van der Waals surface area contributed by atoms with Gasteiger partial charge < -0.3 is 14.8 Å². The maximum absolute atomic E-state index is 13.1. The lowest BCUT2D eigenvalue weighted by atomic mass is 10.1. The highest BCUT2D eigenvalue weighted by atomic mass is 19.4. The molecule has 1 aliphatic rings. The van der Waals surface area contributed by atoms with E-state index in [1.807, 2.05) is 17.8 Å². The van der Waals surface area contributed by atoms with Crippen LogP contribution in [-0.4, -0.2) is 53.0 Å². The first-order chi connectivity index (χ1) is 15.3. The average molecular weight is 443 g/mol. The van der Waals surface area contributed by atoms with E-state index in [-0.39, 0.29) is 23.6 Å². The zero-order chi connectivity index (χ0) is 22.5. The molecule has 4 aromatic rings. The Hall–Kier alpha value is -3.54. The number of nitrogens with zero attached hydrogens (tertiary/aromatic N) is 8. The summed E-state index contributed by atoms with van der Waals surface area (Å²) in [6, 6.07) is 2.05. The Labute approximate surface area is 181 Å². The summed E-state index contributed by atoms with van der Waals surface area (Å²) in [5.41, 5.74) is 0.704. The Morgan fingerprint density at radius 3 is 2.69 bits per heavy atom. The van der Waals surface area contributed by atoms with Gasteiger partial charge in [-0.05, 0) is 13.0 Å². The molecule has 0 saturated carbocycles. The fraction of sp³-hybridized carbons (Fsp3) is 0.350. The molecule has 5 rings (SSSR count). The largest absolute Gasteiger partial charge is 0.434 e. The monoisotopic (exact) mass is 443 g/mol. The molecule has 32 heavy (non-hydrogen) atoms. The second kappa shape index (κ2) is 7.55. The zero-order valence-electron chi connectivity index (χ0n) is 17.3. The first-order valence-electron chi connectivity index (χ1n) is 10.0. The summed E-state index contributed by atoms with van der Waals surface area (Å²) >= 11 is 0. The van der Waals surface area contributed by atoms with E-state index in [1.165, 1.54) is 10.6 Å². The molecule has 12 heteroatoms. The number of nitrogens with one attached hydrogen (secondary N) is 1. The van der Waals surface area contributed by atoms with E-state index >= 15 is 0 Å². The van der Waals surface area contributed by atoms with Crippen molar-refractivity contribution in [3.05, 3.63) is 54.8 Å². The number of anilines is 1. The smallest absolute Gasteiger partial charge is 0.353 e. The van der Waals surface area contributed by atoms with E-state index in [9.17, 15) is 13.2 Å². The molecule has 0 bridgehead atoms. The van der Waals surface area contributed by atoms with E-state index in [1.54, 1.807) is 18.6 Å². The van der Waals surface area contributed by atoms with E-state index in [0.717, 1.165) is 24.6 Å². The van der Waals surface area contributed by atoms with Crippen LogP contribution in [0, 0.1) is 0 Å². The van der Waals surface area contributed by atoms with Crippen molar-refractivity contribution in [2.24, 2.45) is 7.05 Å². The third-order valence-corrected chi connectivity index (χ3v) is 5.47. The Balaban J connectivity index is 1.49. The van der Waals surface area contributed by atoms with E-state index in [4.69, 9.17) is 0 Å². The topological polar surface area (TPSA) is 89.1 Å². The number of rotatable bonds is 3. The van der Waals surface area contributed by atoms with Crippen LogP contribution < -0.4 is 10.2 Å². The molecule has 1 N–H and O–H groups in total. The van der Waals surface area contributed by atoms with Crippen molar-refractivity contribution in [3.8, 4) is 11.5 Å². The van der Waals surface area contributed by atoms with Gasteiger partial charge in [-0.2, -0.15) is 13.2 Å². The van der Waals surface area contributed by atoms with E-state index in [2.05, 4.69) is 42.1 Å². The second-order valence-corrected chi connectivity index (χ2v) is 7.84. The number of aryl methyl sites for hydroxylation is 1. The Morgan fingerprint density at radius 1 is 1.09 bits per heavy atom. The molecule has 1 aliphatic heterocycles. The lowest BCUT2D eigenvalue weighted by molar-refractivity contribution is -0.141. The summed E-state index contributed by atoms with van der Waals surface area (Å²) in [6.45, 7) is 3.48. The molecule has 9 nitrogen and oxygen atoms in total. The molecule has 0 spiro atoms. The molecule has 166 valence electrons. The summed E-state index contributed by atoms with van der Waals surface area (Å²) in [6.07, 6.45) is 4.11. The first kappa shape index (κ1) is 20.4. The van der Waals surface area contributed by atoms with Crippen LogP contribution in [0.15, 0.2) is 43.4 Å². The van der Waals surface area contributed by atoms with Gasteiger partial charge in [-0.3, -0.25) is 4.40 Å². The quantitative estimate of drug-likeness (QED) is 0.520. The van der Waals surface area contributed by atoms with Gasteiger partial charge in [0.1, 0.15) is 11.5 Å². The highest BCUT2D eigenvalue weighted by Crippen LogP contribution is 2.29. The molecule has 0 radical (unpaired) electrons. The minimum atomic E-state index is -4.56. The molecule has 2 atom stereocenters. The Kier molecular flexibility index (Phi) is 4.81. The Bertz CT molecular complexity index is 1260. The van der Waals surface area contributed by atoms with E-state index in [0.29, 0.717) is 18.1 Å². The summed E-state index contributed by atoms with van der Waals surface area (Å²) < 4.78 is 42.7. The van der Waals surface area contributed by atoms with Crippen molar-refractivity contribution >= 4 is 11.5 Å². The predicted molar refractivity (Wildman–Crippen MR) is 110 cm³/mol. The predicted octanol–water partition coefficient (Wildman–Crippen LogP) is 2.48. The number of imidazole rings is 2. The van der Waals surface area contributed by atoms with Crippen molar-refractivity contribution in [1.82, 2.24) is 39.2 Å². The summed E-state index contributed by atoms with van der Waals surface area (Å²) in [4.78, 5) is 22.9. The van der Waals surface area contributed by atoms with Crippen LogP contribution in [0.25, 0.3) is 17.2 Å². The average Bonchev–Trinajstić information content (AvgIpc) is 3.38. The van der Waals surface area contributed by atoms with Crippen molar-refractivity contribution in [2.75, 3.05) is 18.0 Å². The molecule has 0 aromatic carbocycles. The summed E-state index contributed by atoms with van der Waals surface area (Å²) in [5, 5.41) is 3.57.